The van der Waals surface area contributed by atoms with Crippen LogP contribution in [0.3, 0.4) is 0 Å². The molecule has 88 valence electrons. The minimum absolute atomic E-state index is 0.0468. The van der Waals surface area contributed by atoms with E-state index in [9.17, 15) is 4.79 Å². The van der Waals surface area contributed by atoms with Crippen LogP contribution in [0.2, 0.25) is 0 Å². The zero-order chi connectivity index (χ0) is 11.3. The van der Waals surface area contributed by atoms with Gasteiger partial charge >= 0.3 is 0 Å². The second-order valence-corrected chi connectivity index (χ2v) is 5.37. The third-order valence-electron chi connectivity index (χ3n) is 2.77. The topological polar surface area (TPSA) is 32.3 Å². The maximum atomic E-state index is 11.9. The molecule has 0 aliphatic carbocycles. The summed E-state index contributed by atoms with van der Waals surface area (Å²) in [7, 11) is 0. The van der Waals surface area contributed by atoms with Crippen LogP contribution in [0.15, 0.2) is 0 Å². The van der Waals surface area contributed by atoms with Crippen molar-refractivity contribution < 1.29 is 4.79 Å². The predicted molar refractivity (Wildman–Crippen MR) is 66.0 cm³/mol. The van der Waals surface area contributed by atoms with E-state index in [-0.39, 0.29) is 11.9 Å². The molecule has 1 saturated heterocycles. The molecule has 1 aliphatic heterocycles. The first-order valence-electron chi connectivity index (χ1n) is 5.68. The number of carbonyl (C=O) groups is 1. The Labute approximate surface area is 97.0 Å². The number of carbonyl (C=O) groups excluding carboxylic acids is 1. The van der Waals surface area contributed by atoms with Crippen LogP contribution in [0.5, 0.6) is 0 Å². The van der Waals surface area contributed by atoms with Gasteiger partial charge in [0.1, 0.15) is 0 Å². The van der Waals surface area contributed by atoms with Crippen molar-refractivity contribution in [2.24, 2.45) is 5.92 Å². The van der Waals surface area contributed by atoms with Crippen molar-refractivity contribution in [3.63, 3.8) is 0 Å². The molecule has 1 rings (SSSR count). The van der Waals surface area contributed by atoms with Crippen molar-refractivity contribution in [3.05, 3.63) is 0 Å². The number of nitrogens with one attached hydrogen (secondary N) is 1. The summed E-state index contributed by atoms with van der Waals surface area (Å²) in [6.07, 6.45) is 4.45. The number of amides is 1. The summed E-state index contributed by atoms with van der Waals surface area (Å²) in [4.78, 5) is 13.8. The molecule has 1 N–H and O–H groups in total. The van der Waals surface area contributed by atoms with Crippen LogP contribution in [0.4, 0.5) is 0 Å². The highest BCUT2D eigenvalue weighted by molar-refractivity contribution is 7.98. The van der Waals surface area contributed by atoms with E-state index >= 15 is 0 Å². The Bertz CT molecular complexity index is 209. The van der Waals surface area contributed by atoms with Crippen LogP contribution in [0, 0.1) is 5.92 Å². The van der Waals surface area contributed by atoms with Crippen LogP contribution in [0.1, 0.15) is 26.7 Å². The zero-order valence-corrected chi connectivity index (χ0v) is 10.8. The molecule has 1 heterocycles. The fraction of sp³-hybridized carbons (Fsp3) is 0.909. The van der Waals surface area contributed by atoms with Gasteiger partial charge in [0.2, 0.25) is 5.91 Å². The van der Waals surface area contributed by atoms with Gasteiger partial charge in [-0.2, -0.15) is 11.8 Å². The summed E-state index contributed by atoms with van der Waals surface area (Å²) in [6, 6.07) is 0.0468. The molecule has 0 saturated carbocycles. The van der Waals surface area contributed by atoms with E-state index < -0.39 is 0 Å². The lowest BCUT2D eigenvalue weighted by Crippen LogP contribution is -2.35. The second kappa shape index (κ2) is 6.38. The molecule has 0 aromatic heterocycles. The first-order valence-corrected chi connectivity index (χ1v) is 7.07. The molecular weight excluding hydrogens is 208 g/mol. The summed E-state index contributed by atoms with van der Waals surface area (Å²) in [5.41, 5.74) is 0. The van der Waals surface area contributed by atoms with E-state index in [1.807, 2.05) is 16.7 Å². The molecule has 4 heteroatoms. The monoisotopic (exact) mass is 230 g/mol. The van der Waals surface area contributed by atoms with E-state index in [1.165, 1.54) is 12.2 Å². The van der Waals surface area contributed by atoms with Crippen molar-refractivity contribution >= 4 is 17.7 Å². The van der Waals surface area contributed by atoms with Crippen molar-refractivity contribution in [2.75, 3.05) is 25.2 Å². The molecule has 1 aliphatic rings. The Morgan fingerprint density at radius 2 is 2.27 bits per heavy atom. The maximum Gasteiger partial charge on any atom is 0.241 e. The number of hydrogen-bond donors (Lipinski definition) is 1. The third-order valence-corrected chi connectivity index (χ3v) is 3.47. The number of nitrogens with zero attached hydrogens (tertiary/aromatic N) is 1. The highest BCUT2D eigenvalue weighted by Gasteiger charge is 2.32. The van der Waals surface area contributed by atoms with Gasteiger partial charge in [0.25, 0.3) is 0 Å². The molecular formula is C11H22N2OS. The van der Waals surface area contributed by atoms with E-state index in [0.717, 1.165) is 19.6 Å². The lowest BCUT2D eigenvalue weighted by atomic mass is 10.1. The van der Waals surface area contributed by atoms with E-state index in [2.05, 4.69) is 25.4 Å². The van der Waals surface area contributed by atoms with Crippen molar-refractivity contribution in [3.8, 4) is 0 Å². The fourth-order valence-corrected chi connectivity index (χ4v) is 2.32. The van der Waals surface area contributed by atoms with E-state index in [0.29, 0.717) is 5.92 Å². The Balaban J connectivity index is 2.24. The summed E-state index contributed by atoms with van der Waals surface area (Å²) in [5, 5.41) is 3.27. The van der Waals surface area contributed by atoms with Gasteiger partial charge in [-0.1, -0.05) is 13.8 Å². The lowest BCUT2D eigenvalue weighted by Gasteiger charge is -2.16. The van der Waals surface area contributed by atoms with Crippen LogP contribution in [0.25, 0.3) is 0 Å². The largest absolute Gasteiger partial charge is 0.329 e. The average molecular weight is 230 g/mol. The molecule has 0 bridgehead atoms. The molecule has 0 radical (unpaired) electrons. The first-order chi connectivity index (χ1) is 7.16. The van der Waals surface area contributed by atoms with Crippen LogP contribution >= 0.6 is 11.8 Å². The Kier molecular flexibility index (Phi) is 5.47. The van der Waals surface area contributed by atoms with Gasteiger partial charge in [-0.25, -0.2) is 0 Å². The minimum atomic E-state index is 0.0468. The van der Waals surface area contributed by atoms with Crippen molar-refractivity contribution in [1.82, 2.24) is 10.2 Å². The Morgan fingerprint density at radius 3 is 2.80 bits per heavy atom. The number of unbranched alkanes of at least 4 members (excludes halogenated alkanes) is 1. The summed E-state index contributed by atoms with van der Waals surface area (Å²) in [6.45, 7) is 5.83. The van der Waals surface area contributed by atoms with Crippen LogP contribution < -0.4 is 5.32 Å². The summed E-state index contributed by atoms with van der Waals surface area (Å²) >= 11 is 1.87. The van der Waals surface area contributed by atoms with E-state index in [1.54, 1.807) is 0 Å². The number of thioether (sulfide) groups is 1. The fourth-order valence-electron chi connectivity index (χ4n) is 1.83. The van der Waals surface area contributed by atoms with Crippen LogP contribution in [-0.2, 0) is 4.79 Å². The molecule has 1 amide bonds. The standard InChI is InChI=1S/C11H22N2OS/c1-9(2)10-11(14)13(8-12-10)6-4-5-7-15-3/h9-10,12H,4-8H2,1-3H3. The molecule has 1 fully saturated rings. The van der Waals surface area contributed by atoms with Crippen molar-refractivity contribution in [2.45, 2.75) is 32.7 Å². The quantitative estimate of drug-likeness (QED) is 0.703. The van der Waals surface area contributed by atoms with Crippen molar-refractivity contribution in [1.29, 1.82) is 0 Å². The lowest BCUT2D eigenvalue weighted by molar-refractivity contribution is -0.129. The highest BCUT2D eigenvalue weighted by Crippen LogP contribution is 2.12. The molecule has 1 unspecified atom stereocenters. The molecule has 3 nitrogen and oxygen atoms in total. The number of hydrogen-bond acceptors (Lipinski definition) is 3. The van der Waals surface area contributed by atoms with Gasteiger partial charge in [-0.05, 0) is 30.8 Å². The molecule has 0 aromatic carbocycles. The normalized spacial score (nSPS) is 21.7. The zero-order valence-electron chi connectivity index (χ0n) is 9.95. The van der Waals surface area contributed by atoms with Gasteiger partial charge in [0, 0.05) is 6.54 Å². The third kappa shape index (κ3) is 3.68. The first kappa shape index (κ1) is 12.8. The molecule has 0 spiro atoms. The van der Waals surface area contributed by atoms with Gasteiger partial charge in [-0.15, -0.1) is 0 Å². The number of rotatable bonds is 6. The smallest absolute Gasteiger partial charge is 0.241 e. The Hall–Kier alpha value is -0.220. The average Bonchev–Trinajstić information content (AvgIpc) is 2.55. The predicted octanol–water partition coefficient (Wildman–Crippen LogP) is 1.54. The van der Waals surface area contributed by atoms with Gasteiger partial charge in [0.15, 0.2) is 0 Å². The molecule has 0 aromatic rings. The Morgan fingerprint density at radius 1 is 1.53 bits per heavy atom. The SMILES string of the molecule is CSCCCCN1CNC(C(C)C)C1=O. The second-order valence-electron chi connectivity index (χ2n) is 4.39. The molecule has 1 atom stereocenters. The van der Waals surface area contributed by atoms with Gasteiger partial charge in [-0.3, -0.25) is 10.1 Å². The maximum absolute atomic E-state index is 11.9. The van der Waals surface area contributed by atoms with Gasteiger partial charge in [0.05, 0.1) is 12.7 Å². The summed E-state index contributed by atoms with van der Waals surface area (Å²) in [5.74, 6) is 1.88. The molecule has 15 heavy (non-hydrogen) atoms. The summed E-state index contributed by atoms with van der Waals surface area (Å²) < 4.78 is 0. The highest BCUT2D eigenvalue weighted by atomic mass is 32.2. The minimum Gasteiger partial charge on any atom is -0.329 e. The van der Waals surface area contributed by atoms with E-state index in [4.69, 9.17) is 0 Å². The van der Waals surface area contributed by atoms with Gasteiger partial charge < -0.3 is 4.90 Å². The van der Waals surface area contributed by atoms with Crippen LogP contribution in [-0.4, -0.2) is 42.1 Å².